The lowest BCUT2D eigenvalue weighted by Gasteiger charge is -2.19. The molecule has 0 aliphatic carbocycles. The zero-order chi connectivity index (χ0) is 17.4. The number of para-hydroxylation sites is 1. The van der Waals surface area contributed by atoms with Gasteiger partial charge in [0.15, 0.2) is 6.79 Å². The molecule has 0 aromatic heterocycles. The zero-order valence-electron chi connectivity index (χ0n) is 13.7. The van der Waals surface area contributed by atoms with Crippen LogP contribution < -0.4 is 9.83 Å². The van der Waals surface area contributed by atoms with Gasteiger partial charge in [0, 0.05) is 0 Å². The van der Waals surface area contributed by atoms with Crippen LogP contribution in [-0.2, 0) is 20.4 Å². The molecule has 0 amide bonds. The minimum Gasteiger partial charge on any atom is -0.421 e. The predicted molar refractivity (Wildman–Crippen MR) is 97.9 cm³/mol. The second kappa shape index (κ2) is 8.63. The Morgan fingerprint density at radius 2 is 1.28 bits per heavy atom. The maximum atomic E-state index is 13.3. The van der Waals surface area contributed by atoms with Crippen LogP contribution in [0.1, 0.15) is 5.56 Å². The predicted octanol–water partition coefficient (Wildman–Crippen LogP) is 4.77. The van der Waals surface area contributed by atoms with Gasteiger partial charge in [0.1, 0.15) is 5.75 Å². The van der Waals surface area contributed by atoms with Crippen molar-refractivity contribution >= 4 is 12.9 Å². The third-order valence-corrected chi connectivity index (χ3v) is 5.29. The van der Waals surface area contributed by atoms with Crippen LogP contribution in [0.25, 0.3) is 0 Å². The standard InChI is InChI=1S/C20H19O4P/c21-25(20-14-8-3-9-15-20,24-19-12-6-2-7-13-19)23-17-22-16-18-10-4-1-5-11-18/h1-15H,16-17H2. The minimum absolute atomic E-state index is 0.131. The van der Waals surface area contributed by atoms with Gasteiger partial charge in [0.05, 0.1) is 11.9 Å². The number of hydrogen-bond donors (Lipinski definition) is 0. The van der Waals surface area contributed by atoms with E-state index >= 15 is 0 Å². The van der Waals surface area contributed by atoms with Crippen LogP contribution in [0.2, 0.25) is 0 Å². The van der Waals surface area contributed by atoms with Gasteiger partial charge in [-0.25, -0.2) is 4.57 Å². The first-order chi connectivity index (χ1) is 12.3. The van der Waals surface area contributed by atoms with Crippen molar-refractivity contribution in [3.8, 4) is 5.75 Å². The zero-order valence-corrected chi connectivity index (χ0v) is 14.5. The van der Waals surface area contributed by atoms with E-state index in [1.54, 1.807) is 36.4 Å². The van der Waals surface area contributed by atoms with Crippen LogP contribution in [-0.4, -0.2) is 6.79 Å². The van der Waals surface area contributed by atoms with Crippen molar-refractivity contribution in [3.05, 3.63) is 96.6 Å². The van der Waals surface area contributed by atoms with E-state index in [0.717, 1.165) is 5.56 Å². The van der Waals surface area contributed by atoms with Gasteiger partial charge in [0.25, 0.3) is 0 Å². The summed E-state index contributed by atoms with van der Waals surface area (Å²) in [7, 11) is -3.54. The van der Waals surface area contributed by atoms with Crippen molar-refractivity contribution < 1.29 is 18.3 Å². The number of rotatable bonds is 8. The number of ether oxygens (including phenoxy) is 1. The first-order valence-corrected chi connectivity index (χ1v) is 9.47. The summed E-state index contributed by atoms with van der Waals surface area (Å²) in [4.78, 5) is 0. The lowest BCUT2D eigenvalue weighted by atomic mass is 10.2. The highest BCUT2D eigenvalue weighted by atomic mass is 31.2. The fourth-order valence-corrected chi connectivity index (χ4v) is 3.68. The van der Waals surface area contributed by atoms with Gasteiger partial charge in [-0.1, -0.05) is 66.7 Å². The van der Waals surface area contributed by atoms with Crippen LogP contribution in [0.15, 0.2) is 91.0 Å². The number of hydrogen-bond acceptors (Lipinski definition) is 4. The molecule has 0 bridgehead atoms. The Morgan fingerprint density at radius 1 is 0.720 bits per heavy atom. The van der Waals surface area contributed by atoms with E-state index in [4.69, 9.17) is 13.8 Å². The molecule has 0 saturated heterocycles. The average Bonchev–Trinajstić information content (AvgIpc) is 2.68. The Labute approximate surface area is 147 Å². The topological polar surface area (TPSA) is 44.8 Å². The fourth-order valence-electron chi connectivity index (χ4n) is 2.22. The Balaban J connectivity index is 1.67. The molecular formula is C20H19O4P. The van der Waals surface area contributed by atoms with Crippen molar-refractivity contribution in [2.75, 3.05) is 6.79 Å². The lowest BCUT2D eigenvalue weighted by molar-refractivity contribution is 0.00204. The Morgan fingerprint density at radius 3 is 1.92 bits per heavy atom. The highest BCUT2D eigenvalue weighted by molar-refractivity contribution is 7.62. The Hall–Kier alpha value is -2.39. The third-order valence-electron chi connectivity index (χ3n) is 3.46. The molecule has 4 nitrogen and oxygen atoms in total. The monoisotopic (exact) mass is 354 g/mol. The second-order valence-corrected chi connectivity index (χ2v) is 7.27. The summed E-state index contributed by atoms with van der Waals surface area (Å²) < 4.78 is 30.0. The molecule has 0 N–H and O–H groups in total. The van der Waals surface area contributed by atoms with Crippen molar-refractivity contribution in [1.82, 2.24) is 0 Å². The maximum absolute atomic E-state index is 13.3. The molecule has 0 saturated carbocycles. The van der Waals surface area contributed by atoms with Crippen molar-refractivity contribution in [1.29, 1.82) is 0 Å². The summed E-state index contributed by atoms with van der Waals surface area (Å²) in [5.41, 5.74) is 1.02. The molecule has 0 heterocycles. The van der Waals surface area contributed by atoms with Gasteiger partial charge in [-0.15, -0.1) is 0 Å². The molecule has 25 heavy (non-hydrogen) atoms. The molecule has 0 aliphatic heterocycles. The van der Waals surface area contributed by atoms with E-state index in [2.05, 4.69) is 0 Å². The molecule has 128 valence electrons. The molecule has 0 fully saturated rings. The third kappa shape index (κ3) is 5.04. The van der Waals surface area contributed by atoms with Crippen LogP contribution >= 0.6 is 7.60 Å². The fraction of sp³-hybridized carbons (Fsp3) is 0.100. The first-order valence-electron chi connectivity index (χ1n) is 7.93. The molecule has 0 spiro atoms. The summed E-state index contributed by atoms with van der Waals surface area (Å²) in [6.45, 7) is 0.245. The van der Waals surface area contributed by atoms with Gasteiger partial charge in [-0.2, -0.15) is 0 Å². The molecule has 3 aromatic carbocycles. The largest absolute Gasteiger partial charge is 0.421 e. The normalized spacial score (nSPS) is 13.1. The molecule has 3 aromatic rings. The van der Waals surface area contributed by atoms with Gasteiger partial charge in [0.2, 0.25) is 0 Å². The van der Waals surface area contributed by atoms with E-state index in [-0.39, 0.29) is 6.79 Å². The molecule has 3 rings (SSSR count). The van der Waals surface area contributed by atoms with Crippen LogP contribution in [0.4, 0.5) is 0 Å². The summed E-state index contributed by atoms with van der Waals surface area (Å²) in [6, 6.07) is 27.6. The molecule has 0 aliphatic rings. The van der Waals surface area contributed by atoms with Crippen molar-refractivity contribution in [2.45, 2.75) is 6.61 Å². The van der Waals surface area contributed by atoms with E-state index in [1.807, 2.05) is 54.6 Å². The average molecular weight is 354 g/mol. The summed E-state index contributed by atoms with van der Waals surface area (Å²) in [5.74, 6) is 0.484. The van der Waals surface area contributed by atoms with E-state index in [9.17, 15) is 4.57 Å². The first kappa shape index (κ1) is 17.4. The number of benzene rings is 3. The Kier molecular flexibility index (Phi) is 6.02. The van der Waals surface area contributed by atoms with Crippen molar-refractivity contribution in [3.63, 3.8) is 0 Å². The maximum Gasteiger partial charge on any atom is 0.412 e. The van der Waals surface area contributed by atoms with Gasteiger partial charge >= 0.3 is 7.60 Å². The highest BCUT2D eigenvalue weighted by Crippen LogP contribution is 2.47. The van der Waals surface area contributed by atoms with Gasteiger partial charge in [-0.05, 0) is 29.8 Å². The van der Waals surface area contributed by atoms with Gasteiger partial charge < -0.3 is 9.26 Å². The lowest BCUT2D eigenvalue weighted by Crippen LogP contribution is -2.14. The minimum atomic E-state index is -3.54. The smallest absolute Gasteiger partial charge is 0.412 e. The van der Waals surface area contributed by atoms with Crippen LogP contribution in [0, 0.1) is 0 Å². The molecule has 1 unspecified atom stereocenters. The summed E-state index contributed by atoms with van der Waals surface area (Å²) in [6.07, 6.45) is 0. The van der Waals surface area contributed by atoms with Gasteiger partial charge in [-0.3, -0.25) is 4.52 Å². The van der Waals surface area contributed by atoms with Crippen LogP contribution in [0.5, 0.6) is 5.75 Å². The van der Waals surface area contributed by atoms with E-state index < -0.39 is 7.60 Å². The molecule has 5 heteroatoms. The van der Waals surface area contributed by atoms with E-state index in [0.29, 0.717) is 17.7 Å². The second-order valence-electron chi connectivity index (χ2n) is 5.32. The molecule has 1 atom stereocenters. The van der Waals surface area contributed by atoms with E-state index in [1.165, 1.54) is 0 Å². The highest BCUT2D eigenvalue weighted by Gasteiger charge is 2.29. The van der Waals surface area contributed by atoms with Crippen molar-refractivity contribution in [2.24, 2.45) is 0 Å². The SMILES string of the molecule is O=P(OCOCc1ccccc1)(Oc1ccccc1)c1ccccc1. The van der Waals surface area contributed by atoms with Crippen LogP contribution in [0.3, 0.4) is 0 Å². The molecule has 0 radical (unpaired) electrons. The Bertz CT molecular complexity index is 807. The summed E-state index contributed by atoms with van der Waals surface area (Å²) in [5, 5.41) is 0.488. The molecular weight excluding hydrogens is 335 g/mol. The quantitative estimate of drug-likeness (QED) is 0.332. The summed E-state index contributed by atoms with van der Waals surface area (Å²) >= 11 is 0.